The van der Waals surface area contributed by atoms with Crippen molar-refractivity contribution in [3.63, 3.8) is 0 Å². The first-order valence-corrected chi connectivity index (χ1v) is 7.22. The first kappa shape index (κ1) is 13.8. The van der Waals surface area contributed by atoms with E-state index < -0.39 is 14.6 Å². The molecule has 0 saturated carbocycles. The molecule has 96 valence electrons. The van der Waals surface area contributed by atoms with Crippen LogP contribution in [-0.2, 0) is 16.4 Å². The quantitative estimate of drug-likeness (QED) is 0.780. The van der Waals surface area contributed by atoms with Crippen molar-refractivity contribution < 1.29 is 8.42 Å². The normalized spacial score (nSPS) is 12.4. The molecule has 5 nitrogen and oxygen atoms in total. The molecule has 0 spiro atoms. The molecule has 6 heteroatoms. The maximum absolute atomic E-state index is 11.6. The molecule has 0 amide bonds. The predicted octanol–water partition coefficient (Wildman–Crippen LogP) is 1.30. The van der Waals surface area contributed by atoms with Gasteiger partial charge in [0.1, 0.15) is 0 Å². The van der Waals surface area contributed by atoms with Crippen molar-refractivity contribution in [3.8, 4) is 0 Å². The maximum atomic E-state index is 11.6. The summed E-state index contributed by atoms with van der Waals surface area (Å²) in [6, 6.07) is 0. The summed E-state index contributed by atoms with van der Waals surface area (Å²) < 4.78 is 24.2. The third-order valence-corrected chi connectivity index (χ3v) is 4.81. The minimum atomic E-state index is -3.11. The van der Waals surface area contributed by atoms with Crippen LogP contribution in [0.1, 0.15) is 13.8 Å². The molecule has 0 atom stereocenters. The lowest BCUT2D eigenvalue weighted by molar-refractivity contribution is 0.505. The van der Waals surface area contributed by atoms with Crippen LogP contribution in [0.5, 0.6) is 0 Å². The Kier molecular flexibility index (Phi) is 3.98. The first-order valence-electron chi connectivity index (χ1n) is 5.33. The molecule has 0 aliphatic heterocycles. The van der Waals surface area contributed by atoms with Crippen LogP contribution < -0.4 is 5.32 Å². The first-order chi connectivity index (χ1) is 7.78. The molecule has 0 fully saturated rings. The Morgan fingerprint density at radius 2 is 2.24 bits per heavy atom. The van der Waals surface area contributed by atoms with E-state index in [-0.39, 0.29) is 0 Å². The Morgan fingerprint density at radius 1 is 1.59 bits per heavy atom. The summed E-state index contributed by atoms with van der Waals surface area (Å²) in [5, 5.41) is 3.06. The highest BCUT2D eigenvalue weighted by Gasteiger charge is 2.31. The smallest absolute Gasteiger partial charge is 0.203 e. The van der Waals surface area contributed by atoms with Gasteiger partial charge in [-0.05, 0) is 13.8 Å². The van der Waals surface area contributed by atoms with E-state index >= 15 is 0 Å². The number of nitrogens with zero attached hydrogens (tertiary/aromatic N) is 2. The maximum Gasteiger partial charge on any atom is 0.203 e. The van der Waals surface area contributed by atoms with Crippen LogP contribution in [0.25, 0.3) is 0 Å². The Bertz CT molecular complexity index is 489. The van der Waals surface area contributed by atoms with Gasteiger partial charge >= 0.3 is 0 Å². The summed E-state index contributed by atoms with van der Waals surface area (Å²) in [5.41, 5.74) is 0. The number of nitrogens with one attached hydrogen (secondary N) is 1. The zero-order valence-electron chi connectivity index (χ0n) is 10.5. The van der Waals surface area contributed by atoms with Crippen LogP contribution >= 0.6 is 0 Å². The molecule has 0 radical (unpaired) electrons. The zero-order chi connectivity index (χ0) is 13.1. The van der Waals surface area contributed by atoms with E-state index in [4.69, 9.17) is 0 Å². The van der Waals surface area contributed by atoms with Crippen molar-refractivity contribution >= 4 is 15.8 Å². The molecular formula is C11H19N3O2S. The van der Waals surface area contributed by atoms with Crippen LogP contribution in [0.3, 0.4) is 0 Å². The molecule has 1 aromatic heterocycles. The second-order valence-electron chi connectivity index (χ2n) is 4.58. The number of rotatable bonds is 6. The molecule has 1 rings (SSSR count). The van der Waals surface area contributed by atoms with Crippen molar-refractivity contribution in [2.24, 2.45) is 0 Å². The van der Waals surface area contributed by atoms with Crippen molar-refractivity contribution in [3.05, 3.63) is 25.0 Å². The molecular weight excluding hydrogens is 238 g/mol. The average molecular weight is 257 g/mol. The lowest BCUT2D eigenvalue weighted by atomic mass is 10.2. The lowest BCUT2D eigenvalue weighted by Crippen LogP contribution is -2.36. The predicted molar refractivity (Wildman–Crippen MR) is 69.8 cm³/mol. The van der Waals surface area contributed by atoms with Crippen molar-refractivity contribution in [1.82, 2.24) is 9.55 Å². The number of hydrogen-bond acceptors (Lipinski definition) is 4. The lowest BCUT2D eigenvalue weighted by Gasteiger charge is -2.23. The van der Waals surface area contributed by atoms with Gasteiger partial charge in [0.2, 0.25) is 5.95 Å². The molecule has 0 saturated heterocycles. The monoisotopic (exact) mass is 257 g/mol. The van der Waals surface area contributed by atoms with E-state index in [0.717, 1.165) is 0 Å². The van der Waals surface area contributed by atoms with Gasteiger partial charge in [-0.2, -0.15) is 0 Å². The molecule has 0 unspecified atom stereocenters. The molecule has 1 aromatic rings. The highest BCUT2D eigenvalue weighted by atomic mass is 32.2. The summed E-state index contributed by atoms with van der Waals surface area (Å²) >= 11 is 0. The van der Waals surface area contributed by atoms with Gasteiger partial charge in [0.25, 0.3) is 0 Å². The van der Waals surface area contributed by atoms with E-state index in [1.807, 2.05) is 0 Å². The third kappa shape index (κ3) is 3.33. The number of sulfone groups is 1. The molecule has 0 aliphatic rings. The van der Waals surface area contributed by atoms with E-state index in [9.17, 15) is 8.42 Å². The summed E-state index contributed by atoms with van der Waals surface area (Å²) in [6.07, 6.45) is 6.38. The second kappa shape index (κ2) is 4.91. The van der Waals surface area contributed by atoms with Gasteiger partial charge in [-0.15, -0.1) is 6.58 Å². The van der Waals surface area contributed by atoms with E-state index in [0.29, 0.717) is 19.0 Å². The zero-order valence-corrected chi connectivity index (χ0v) is 11.3. The Balaban J connectivity index is 2.89. The van der Waals surface area contributed by atoms with Gasteiger partial charge in [-0.25, -0.2) is 13.4 Å². The summed E-state index contributed by atoms with van der Waals surface area (Å²) in [6.45, 7) is 7.98. The van der Waals surface area contributed by atoms with E-state index in [1.54, 1.807) is 36.9 Å². The van der Waals surface area contributed by atoms with Crippen LogP contribution in [0, 0.1) is 0 Å². The van der Waals surface area contributed by atoms with Crippen molar-refractivity contribution in [2.45, 2.75) is 25.1 Å². The topological polar surface area (TPSA) is 64.0 Å². The van der Waals surface area contributed by atoms with Gasteiger partial charge in [-0.1, -0.05) is 6.08 Å². The molecule has 1 N–H and O–H groups in total. The fourth-order valence-corrected chi connectivity index (χ4v) is 1.67. The minimum absolute atomic E-state index is 0.366. The van der Waals surface area contributed by atoms with Gasteiger partial charge < -0.3 is 9.88 Å². The standard InChI is InChI=1S/C11H19N3O2S/c1-5-6-12-10-13-7-8-14(10)9-11(2,3)17(4,15)16/h5,7-8H,1,6,9H2,2-4H3,(H,12,13). The fraction of sp³-hybridized carbons (Fsp3) is 0.545. The van der Waals surface area contributed by atoms with Crippen LogP contribution in [0.15, 0.2) is 25.0 Å². The number of hydrogen-bond donors (Lipinski definition) is 1. The summed E-state index contributed by atoms with van der Waals surface area (Å²) in [5.74, 6) is 0.654. The average Bonchev–Trinajstić information content (AvgIpc) is 2.60. The van der Waals surface area contributed by atoms with E-state index in [1.165, 1.54) is 6.26 Å². The van der Waals surface area contributed by atoms with Crippen LogP contribution in [0.4, 0.5) is 5.95 Å². The summed E-state index contributed by atoms with van der Waals surface area (Å²) in [4.78, 5) is 4.13. The molecule has 0 bridgehead atoms. The minimum Gasteiger partial charge on any atom is -0.352 e. The van der Waals surface area contributed by atoms with E-state index in [2.05, 4.69) is 16.9 Å². The highest BCUT2D eigenvalue weighted by Crippen LogP contribution is 2.19. The van der Waals surface area contributed by atoms with Gasteiger partial charge in [-0.3, -0.25) is 0 Å². The molecule has 0 aliphatic carbocycles. The van der Waals surface area contributed by atoms with Crippen LogP contribution in [-0.4, -0.2) is 35.5 Å². The van der Waals surface area contributed by atoms with Gasteiger partial charge in [0.15, 0.2) is 9.84 Å². The van der Waals surface area contributed by atoms with Crippen LogP contribution in [0.2, 0.25) is 0 Å². The van der Waals surface area contributed by atoms with Crippen molar-refractivity contribution in [2.75, 3.05) is 18.1 Å². The van der Waals surface area contributed by atoms with Crippen molar-refractivity contribution in [1.29, 1.82) is 0 Å². The molecule has 17 heavy (non-hydrogen) atoms. The van der Waals surface area contributed by atoms with Gasteiger partial charge in [0, 0.05) is 31.7 Å². The molecule has 1 heterocycles. The second-order valence-corrected chi connectivity index (χ2v) is 7.23. The summed E-state index contributed by atoms with van der Waals surface area (Å²) in [7, 11) is -3.11. The largest absolute Gasteiger partial charge is 0.352 e. The number of imidazole rings is 1. The molecule has 0 aromatic carbocycles. The Morgan fingerprint density at radius 3 is 2.76 bits per heavy atom. The highest BCUT2D eigenvalue weighted by molar-refractivity contribution is 7.92. The number of aromatic nitrogens is 2. The Hall–Kier alpha value is -1.30. The third-order valence-electron chi connectivity index (χ3n) is 2.67. The number of anilines is 1. The SMILES string of the molecule is C=CCNc1nccn1CC(C)(C)S(C)(=O)=O. The van der Waals surface area contributed by atoms with Gasteiger partial charge in [0.05, 0.1) is 4.75 Å². The fourth-order valence-electron chi connectivity index (χ4n) is 1.29. The Labute approximate surface area is 102 Å².